The smallest absolute Gasteiger partial charge is 0.170 e. The van der Waals surface area contributed by atoms with E-state index in [2.05, 4.69) is 20.8 Å². The summed E-state index contributed by atoms with van der Waals surface area (Å²) in [5, 5.41) is 23.8. The Labute approximate surface area is 106 Å². The van der Waals surface area contributed by atoms with Crippen LogP contribution in [0.2, 0.25) is 0 Å². The van der Waals surface area contributed by atoms with Gasteiger partial charge in [0, 0.05) is 12.6 Å². The average molecular weight is 247 g/mol. The predicted octanol–water partition coefficient (Wildman–Crippen LogP) is 0.523. The topological polar surface area (TPSA) is 75.9 Å². The van der Waals surface area contributed by atoms with Crippen molar-refractivity contribution in [2.75, 3.05) is 6.61 Å². The second-order valence-corrected chi connectivity index (χ2v) is 4.14. The van der Waals surface area contributed by atoms with Gasteiger partial charge in [-0.15, -0.1) is 5.10 Å². The minimum atomic E-state index is 0.178. The van der Waals surface area contributed by atoms with E-state index in [9.17, 15) is 0 Å². The van der Waals surface area contributed by atoms with Gasteiger partial charge in [0.05, 0.1) is 12.2 Å². The maximum Gasteiger partial charge on any atom is 0.170 e. The van der Waals surface area contributed by atoms with Crippen LogP contribution < -0.4 is 5.32 Å². The van der Waals surface area contributed by atoms with Gasteiger partial charge >= 0.3 is 0 Å². The first-order chi connectivity index (χ1) is 8.81. The molecule has 0 saturated carbocycles. The minimum Gasteiger partial charge on any atom is -0.396 e. The van der Waals surface area contributed by atoms with E-state index in [0.717, 1.165) is 11.5 Å². The van der Waals surface area contributed by atoms with E-state index in [1.165, 1.54) is 0 Å². The number of nitrogens with zero attached hydrogens (tertiary/aromatic N) is 4. The number of tetrazole rings is 1. The van der Waals surface area contributed by atoms with Gasteiger partial charge in [0.1, 0.15) is 0 Å². The zero-order valence-corrected chi connectivity index (χ0v) is 10.3. The molecule has 1 aromatic heterocycles. The van der Waals surface area contributed by atoms with Crippen molar-refractivity contribution in [3.05, 3.63) is 36.2 Å². The van der Waals surface area contributed by atoms with Crippen molar-refractivity contribution < 1.29 is 5.11 Å². The van der Waals surface area contributed by atoms with E-state index < -0.39 is 0 Å². The van der Waals surface area contributed by atoms with Crippen molar-refractivity contribution in [1.29, 1.82) is 0 Å². The van der Waals surface area contributed by atoms with Crippen LogP contribution in [0.4, 0.5) is 0 Å². The van der Waals surface area contributed by atoms with Crippen molar-refractivity contribution in [2.45, 2.75) is 25.9 Å². The highest BCUT2D eigenvalue weighted by atomic mass is 16.3. The summed E-state index contributed by atoms with van der Waals surface area (Å²) in [6.07, 6.45) is 0.715. The molecule has 6 heteroatoms. The van der Waals surface area contributed by atoms with Crippen LogP contribution in [0.25, 0.3) is 5.69 Å². The van der Waals surface area contributed by atoms with Gasteiger partial charge in [-0.2, -0.15) is 4.68 Å². The lowest BCUT2D eigenvalue weighted by Gasteiger charge is -2.11. The summed E-state index contributed by atoms with van der Waals surface area (Å²) < 4.78 is 1.71. The van der Waals surface area contributed by atoms with Gasteiger partial charge < -0.3 is 10.4 Å². The molecule has 96 valence electrons. The molecule has 0 radical (unpaired) electrons. The molecule has 6 nitrogen and oxygen atoms in total. The molecule has 2 aromatic rings. The summed E-state index contributed by atoms with van der Waals surface area (Å²) in [4.78, 5) is 0. The van der Waals surface area contributed by atoms with E-state index in [1.54, 1.807) is 4.68 Å². The van der Waals surface area contributed by atoms with Crippen molar-refractivity contribution in [3.8, 4) is 5.69 Å². The Morgan fingerprint density at radius 1 is 1.33 bits per heavy atom. The van der Waals surface area contributed by atoms with E-state index in [1.807, 2.05) is 37.3 Å². The first kappa shape index (κ1) is 12.7. The Kier molecular flexibility index (Phi) is 4.38. The SMILES string of the molecule is CC(CCO)NCc1nnnn1-c1ccccc1. The molecule has 1 heterocycles. The molecule has 0 saturated heterocycles. The number of hydrogen-bond donors (Lipinski definition) is 2. The number of aliphatic hydroxyl groups excluding tert-OH is 1. The summed E-state index contributed by atoms with van der Waals surface area (Å²) in [6.45, 7) is 2.77. The van der Waals surface area contributed by atoms with Crippen LogP contribution in [-0.4, -0.2) is 38.0 Å². The molecule has 0 aliphatic rings. The molecule has 1 unspecified atom stereocenters. The highest BCUT2D eigenvalue weighted by Crippen LogP contribution is 2.06. The quantitative estimate of drug-likeness (QED) is 0.778. The largest absolute Gasteiger partial charge is 0.396 e. The maximum absolute atomic E-state index is 8.84. The van der Waals surface area contributed by atoms with Crippen LogP contribution in [-0.2, 0) is 6.54 Å². The van der Waals surface area contributed by atoms with Crippen LogP contribution in [0.15, 0.2) is 30.3 Å². The molecule has 0 fully saturated rings. The summed E-state index contributed by atoms with van der Waals surface area (Å²) in [7, 11) is 0. The fraction of sp³-hybridized carbons (Fsp3) is 0.417. The fourth-order valence-corrected chi connectivity index (χ4v) is 1.65. The van der Waals surface area contributed by atoms with Crippen LogP contribution >= 0.6 is 0 Å². The molecule has 2 rings (SSSR count). The molecule has 0 aliphatic heterocycles. The van der Waals surface area contributed by atoms with Gasteiger partial charge in [-0.25, -0.2) is 0 Å². The summed E-state index contributed by atoms with van der Waals surface area (Å²) in [5.41, 5.74) is 0.939. The van der Waals surface area contributed by atoms with Gasteiger partial charge in [-0.1, -0.05) is 18.2 Å². The van der Waals surface area contributed by atoms with E-state index in [-0.39, 0.29) is 12.6 Å². The standard InChI is InChI=1S/C12H17N5O/c1-10(7-8-18)13-9-12-14-15-16-17(12)11-5-3-2-4-6-11/h2-6,10,13,18H,7-9H2,1H3. The highest BCUT2D eigenvalue weighted by Gasteiger charge is 2.09. The van der Waals surface area contributed by atoms with E-state index >= 15 is 0 Å². The van der Waals surface area contributed by atoms with Gasteiger partial charge in [-0.3, -0.25) is 0 Å². The molecular weight excluding hydrogens is 230 g/mol. The molecule has 0 spiro atoms. The van der Waals surface area contributed by atoms with Gasteiger partial charge in [0.25, 0.3) is 0 Å². The van der Waals surface area contributed by atoms with Crippen LogP contribution in [0.1, 0.15) is 19.2 Å². The lowest BCUT2D eigenvalue weighted by molar-refractivity contribution is 0.268. The Bertz CT molecular complexity index is 470. The fourth-order valence-electron chi connectivity index (χ4n) is 1.65. The Balaban J connectivity index is 2.05. The van der Waals surface area contributed by atoms with Gasteiger partial charge in [0.15, 0.2) is 5.82 Å². The second kappa shape index (κ2) is 6.23. The normalized spacial score (nSPS) is 12.6. The third kappa shape index (κ3) is 3.12. The van der Waals surface area contributed by atoms with Crippen LogP contribution in [0.5, 0.6) is 0 Å². The van der Waals surface area contributed by atoms with E-state index in [4.69, 9.17) is 5.11 Å². The third-order valence-corrected chi connectivity index (χ3v) is 2.71. The molecule has 0 amide bonds. The lowest BCUT2D eigenvalue weighted by atomic mass is 10.2. The molecule has 1 aromatic carbocycles. The van der Waals surface area contributed by atoms with Crippen molar-refractivity contribution in [1.82, 2.24) is 25.5 Å². The first-order valence-corrected chi connectivity index (χ1v) is 5.98. The predicted molar refractivity (Wildman–Crippen MR) is 67.2 cm³/mol. The molecular formula is C12H17N5O. The lowest BCUT2D eigenvalue weighted by Crippen LogP contribution is -2.27. The maximum atomic E-state index is 8.84. The number of rotatable bonds is 6. The number of nitrogens with one attached hydrogen (secondary N) is 1. The van der Waals surface area contributed by atoms with Gasteiger partial charge in [0.2, 0.25) is 0 Å². The number of hydrogen-bond acceptors (Lipinski definition) is 5. The zero-order valence-electron chi connectivity index (χ0n) is 10.3. The Hall–Kier alpha value is -1.79. The minimum absolute atomic E-state index is 0.178. The van der Waals surface area contributed by atoms with Crippen molar-refractivity contribution in [3.63, 3.8) is 0 Å². The molecule has 18 heavy (non-hydrogen) atoms. The first-order valence-electron chi connectivity index (χ1n) is 5.98. The highest BCUT2D eigenvalue weighted by molar-refractivity contribution is 5.30. The summed E-state index contributed by atoms with van der Waals surface area (Å²) >= 11 is 0. The monoisotopic (exact) mass is 247 g/mol. The van der Waals surface area contributed by atoms with Crippen molar-refractivity contribution >= 4 is 0 Å². The number of para-hydroxylation sites is 1. The zero-order chi connectivity index (χ0) is 12.8. The summed E-state index contributed by atoms with van der Waals surface area (Å²) in [6, 6.07) is 9.99. The second-order valence-electron chi connectivity index (χ2n) is 4.14. The third-order valence-electron chi connectivity index (χ3n) is 2.71. The van der Waals surface area contributed by atoms with Crippen molar-refractivity contribution in [2.24, 2.45) is 0 Å². The number of aromatic nitrogens is 4. The van der Waals surface area contributed by atoms with E-state index in [0.29, 0.717) is 13.0 Å². The number of benzene rings is 1. The molecule has 0 aliphatic carbocycles. The van der Waals surface area contributed by atoms with Crippen LogP contribution in [0, 0.1) is 0 Å². The number of aliphatic hydroxyl groups is 1. The molecule has 2 N–H and O–H groups in total. The Morgan fingerprint density at radius 2 is 2.11 bits per heavy atom. The average Bonchev–Trinajstić information content (AvgIpc) is 2.86. The molecule has 0 bridgehead atoms. The summed E-state index contributed by atoms with van der Waals surface area (Å²) in [5.74, 6) is 0.756. The Morgan fingerprint density at radius 3 is 2.83 bits per heavy atom. The van der Waals surface area contributed by atoms with Crippen LogP contribution in [0.3, 0.4) is 0 Å². The van der Waals surface area contributed by atoms with Gasteiger partial charge in [-0.05, 0) is 35.9 Å². The molecule has 1 atom stereocenters.